The van der Waals surface area contributed by atoms with E-state index in [-0.39, 0.29) is 23.8 Å². The highest BCUT2D eigenvalue weighted by molar-refractivity contribution is 6.32. The topological polar surface area (TPSA) is 162 Å². The number of hydrogen-bond donors (Lipinski definition) is 2. The summed E-state index contributed by atoms with van der Waals surface area (Å²) < 4.78 is 5.60. The molecule has 0 unspecified atom stereocenters. The number of nitro benzene ring substituents is 1. The van der Waals surface area contributed by atoms with Gasteiger partial charge in [0.15, 0.2) is 0 Å². The van der Waals surface area contributed by atoms with Crippen LogP contribution in [0.5, 0.6) is 11.6 Å². The fourth-order valence-corrected chi connectivity index (χ4v) is 2.97. The fourth-order valence-electron chi connectivity index (χ4n) is 2.86. The van der Waals surface area contributed by atoms with Gasteiger partial charge < -0.3 is 4.74 Å². The van der Waals surface area contributed by atoms with Gasteiger partial charge in [0.2, 0.25) is 11.7 Å². The highest BCUT2D eigenvalue weighted by Gasteiger charge is 2.26. The maximum atomic E-state index is 12.2. The smallest absolute Gasteiger partial charge is 0.374 e. The van der Waals surface area contributed by atoms with E-state index < -0.39 is 21.4 Å². The minimum atomic E-state index is -0.740. The van der Waals surface area contributed by atoms with Crippen LogP contribution in [0.2, 0.25) is 5.02 Å². The van der Waals surface area contributed by atoms with Crippen molar-refractivity contribution in [3.8, 4) is 11.6 Å². The van der Waals surface area contributed by atoms with E-state index >= 15 is 0 Å². The molecule has 1 aromatic heterocycles. The Morgan fingerprint density at radius 1 is 1.06 bits per heavy atom. The maximum Gasteiger partial charge on any atom is 0.374 e. The van der Waals surface area contributed by atoms with E-state index in [1.54, 1.807) is 26.0 Å². The molecule has 1 heterocycles. The van der Waals surface area contributed by atoms with Gasteiger partial charge in [0.1, 0.15) is 12.1 Å². The van der Waals surface area contributed by atoms with Crippen LogP contribution in [-0.4, -0.2) is 25.7 Å². The number of benzene rings is 2. The highest BCUT2D eigenvalue weighted by Crippen LogP contribution is 2.35. The Morgan fingerprint density at radius 2 is 1.70 bits per heavy atom. The van der Waals surface area contributed by atoms with E-state index in [1.807, 2.05) is 0 Å². The van der Waals surface area contributed by atoms with Gasteiger partial charge in [-0.25, -0.2) is 4.98 Å². The third-order valence-corrected chi connectivity index (χ3v) is 5.02. The number of non-ortho nitro benzene ring substituents is 1. The van der Waals surface area contributed by atoms with Crippen LogP contribution in [0.3, 0.4) is 0 Å². The minimum absolute atomic E-state index is 0.104. The van der Waals surface area contributed by atoms with Crippen molar-refractivity contribution < 1.29 is 19.4 Å². The van der Waals surface area contributed by atoms with Gasteiger partial charge in [-0.05, 0) is 42.7 Å². The molecule has 0 aliphatic carbocycles. The molecule has 3 aromatic rings. The Hall–Kier alpha value is -4.32. The average Bonchev–Trinajstić information content (AvgIpc) is 2.76. The van der Waals surface area contributed by atoms with Crippen LogP contribution in [0, 0.1) is 34.1 Å². The van der Waals surface area contributed by atoms with Crippen LogP contribution < -0.4 is 15.6 Å². The van der Waals surface area contributed by atoms with E-state index in [0.717, 1.165) is 17.5 Å². The summed E-state index contributed by atoms with van der Waals surface area (Å²) in [6, 6.07) is 8.64. The first-order valence-corrected chi connectivity index (χ1v) is 9.75. The van der Waals surface area contributed by atoms with Gasteiger partial charge in [-0.15, -0.1) is 0 Å². The van der Waals surface area contributed by atoms with E-state index in [4.69, 9.17) is 16.3 Å². The summed E-state index contributed by atoms with van der Waals surface area (Å²) in [5.41, 5.74) is 5.97. The molecule has 0 aliphatic heterocycles. The highest BCUT2D eigenvalue weighted by atomic mass is 35.5. The van der Waals surface area contributed by atoms with Crippen molar-refractivity contribution in [3.63, 3.8) is 0 Å². The van der Waals surface area contributed by atoms with Gasteiger partial charge in [0.05, 0.1) is 16.3 Å². The number of hydrazine groups is 1. The lowest BCUT2D eigenvalue weighted by molar-refractivity contribution is -0.385. The standard InChI is InChI=1S/C20H17ClN6O6/c1-11-7-15(8-12(2)17(11)21)33-20-18(27(31)32)19(22-10-23-20)25-24-16(28)9-13-3-5-14(6-4-13)26(29)30/h3-8,10H,9H2,1-2H3,(H,24,28)(H,22,23,25). The van der Waals surface area contributed by atoms with Crippen molar-refractivity contribution in [2.45, 2.75) is 20.3 Å². The zero-order valence-corrected chi connectivity index (χ0v) is 18.1. The Bertz CT molecular complexity index is 1210. The first kappa shape index (κ1) is 23.3. The molecule has 0 radical (unpaired) electrons. The SMILES string of the molecule is Cc1cc(Oc2ncnc(NNC(=O)Cc3ccc([N+](=O)[O-])cc3)c2[N+](=O)[O-])cc(C)c1Cl. The molecule has 13 heteroatoms. The van der Waals surface area contributed by atoms with Crippen molar-refractivity contribution >= 4 is 34.7 Å². The fraction of sp³-hybridized carbons (Fsp3) is 0.150. The van der Waals surface area contributed by atoms with Crippen LogP contribution in [-0.2, 0) is 11.2 Å². The normalized spacial score (nSPS) is 10.4. The average molecular weight is 473 g/mol. The molecule has 0 bridgehead atoms. The summed E-state index contributed by atoms with van der Waals surface area (Å²) in [5.74, 6) is -0.875. The van der Waals surface area contributed by atoms with E-state index in [9.17, 15) is 25.0 Å². The predicted octanol–water partition coefficient (Wildman–Crippen LogP) is 4.04. The number of halogens is 1. The van der Waals surface area contributed by atoms with Crippen molar-refractivity contribution in [2.75, 3.05) is 5.43 Å². The molecule has 170 valence electrons. The molecule has 1 amide bonds. The number of rotatable bonds is 8. The van der Waals surface area contributed by atoms with Gasteiger partial charge >= 0.3 is 11.6 Å². The van der Waals surface area contributed by atoms with Gasteiger partial charge in [-0.1, -0.05) is 23.7 Å². The lowest BCUT2D eigenvalue weighted by Gasteiger charge is -2.11. The van der Waals surface area contributed by atoms with Crippen molar-refractivity contribution in [3.05, 3.63) is 84.7 Å². The third-order valence-electron chi connectivity index (χ3n) is 4.43. The molecule has 12 nitrogen and oxygen atoms in total. The number of nitrogens with zero attached hydrogens (tertiary/aromatic N) is 4. The predicted molar refractivity (Wildman–Crippen MR) is 118 cm³/mol. The first-order chi connectivity index (χ1) is 15.7. The number of amides is 1. The molecule has 3 rings (SSSR count). The number of aromatic nitrogens is 2. The lowest BCUT2D eigenvalue weighted by atomic mass is 10.1. The summed E-state index contributed by atoms with van der Waals surface area (Å²) in [7, 11) is 0. The molecule has 0 spiro atoms. The van der Waals surface area contributed by atoms with Gasteiger partial charge in [-0.2, -0.15) is 4.98 Å². The maximum absolute atomic E-state index is 12.2. The van der Waals surface area contributed by atoms with Crippen LogP contribution in [0.15, 0.2) is 42.7 Å². The quantitative estimate of drug-likeness (QED) is 0.363. The molecule has 0 atom stereocenters. The summed E-state index contributed by atoms with van der Waals surface area (Å²) in [6.45, 7) is 3.54. The van der Waals surface area contributed by atoms with E-state index in [2.05, 4.69) is 20.8 Å². The molecule has 0 saturated heterocycles. The van der Waals surface area contributed by atoms with Crippen LogP contribution in [0.1, 0.15) is 16.7 Å². The number of aryl methyl sites for hydroxylation is 2. The number of nitro groups is 2. The van der Waals surface area contributed by atoms with Crippen LogP contribution in [0.4, 0.5) is 17.2 Å². The number of hydrogen-bond acceptors (Lipinski definition) is 9. The molecular weight excluding hydrogens is 456 g/mol. The zero-order valence-electron chi connectivity index (χ0n) is 17.4. The molecule has 33 heavy (non-hydrogen) atoms. The first-order valence-electron chi connectivity index (χ1n) is 9.38. The molecule has 0 saturated carbocycles. The lowest BCUT2D eigenvalue weighted by Crippen LogP contribution is -2.31. The summed E-state index contributed by atoms with van der Waals surface area (Å²) in [6.07, 6.45) is 0.916. The molecule has 2 aromatic carbocycles. The second-order valence-electron chi connectivity index (χ2n) is 6.88. The van der Waals surface area contributed by atoms with E-state index in [0.29, 0.717) is 16.3 Å². The summed E-state index contributed by atoms with van der Waals surface area (Å²) in [5, 5.41) is 22.9. The summed E-state index contributed by atoms with van der Waals surface area (Å²) >= 11 is 6.14. The van der Waals surface area contributed by atoms with Gasteiger partial charge in [0.25, 0.3) is 5.69 Å². The van der Waals surface area contributed by atoms with Crippen molar-refractivity contribution in [1.82, 2.24) is 15.4 Å². The molecular formula is C20H17ClN6O6. The largest absolute Gasteiger partial charge is 0.434 e. The monoisotopic (exact) mass is 472 g/mol. The number of ether oxygens (including phenoxy) is 1. The number of carbonyl (C=O) groups is 1. The number of nitrogens with one attached hydrogen (secondary N) is 2. The van der Waals surface area contributed by atoms with Crippen LogP contribution >= 0.6 is 11.6 Å². The Kier molecular flexibility index (Phi) is 6.98. The Balaban J connectivity index is 1.74. The Labute approximate surface area is 191 Å². The van der Waals surface area contributed by atoms with Crippen LogP contribution in [0.25, 0.3) is 0 Å². The zero-order chi connectivity index (χ0) is 24.1. The minimum Gasteiger partial charge on any atom is -0.434 e. The molecule has 0 fully saturated rings. The Morgan fingerprint density at radius 3 is 2.27 bits per heavy atom. The molecule has 0 aliphatic rings. The van der Waals surface area contributed by atoms with Crippen molar-refractivity contribution in [2.24, 2.45) is 0 Å². The summed E-state index contributed by atoms with van der Waals surface area (Å²) in [4.78, 5) is 40.9. The van der Waals surface area contributed by atoms with E-state index in [1.165, 1.54) is 24.3 Å². The van der Waals surface area contributed by atoms with Gasteiger partial charge in [0, 0.05) is 17.2 Å². The number of carbonyl (C=O) groups excluding carboxylic acids is 1. The number of anilines is 1. The van der Waals surface area contributed by atoms with Crippen molar-refractivity contribution in [1.29, 1.82) is 0 Å². The third kappa shape index (κ3) is 5.68. The molecule has 2 N–H and O–H groups in total. The van der Waals surface area contributed by atoms with Gasteiger partial charge in [-0.3, -0.25) is 35.9 Å². The second kappa shape index (κ2) is 9.87. The second-order valence-corrected chi connectivity index (χ2v) is 7.26.